The molecule has 1 heterocycles. The quantitative estimate of drug-likeness (QED) is 0.932. The molecule has 0 aliphatic heterocycles. The van der Waals surface area contributed by atoms with E-state index in [2.05, 4.69) is 43.3 Å². The van der Waals surface area contributed by atoms with E-state index in [1.165, 1.54) is 5.56 Å². The van der Waals surface area contributed by atoms with E-state index in [0.717, 1.165) is 22.6 Å². The van der Waals surface area contributed by atoms with Crippen molar-refractivity contribution in [2.75, 3.05) is 0 Å². The lowest BCUT2D eigenvalue weighted by Crippen LogP contribution is -2.48. The normalized spacial score (nSPS) is 26.5. The molecule has 24 heavy (non-hydrogen) atoms. The average Bonchev–Trinajstić information content (AvgIpc) is 2.85. The maximum atomic E-state index is 12.4. The van der Waals surface area contributed by atoms with Crippen molar-refractivity contribution >= 4 is 5.78 Å². The van der Waals surface area contributed by atoms with E-state index in [1.807, 2.05) is 6.92 Å². The summed E-state index contributed by atoms with van der Waals surface area (Å²) in [4.78, 5) is 12.4. The smallest absolute Gasteiger partial charge is 0.137 e. The number of carbonyl (C=O) groups excluding carboxylic acids is 1. The summed E-state index contributed by atoms with van der Waals surface area (Å²) in [6, 6.07) is 8.33. The Kier molecular flexibility index (Phi) is 4.12. The number of ketones is 1. The van der Waals surface area contributed by atoms with Crippen LogP contribution in [0.5, 0.6) is 0 Å². The van der Waals surface area contributed by atoms with Crippen LogP contribution in [0, 0.1) is 12.8 Å². The SMILES string of the molecule is CC(=O)[C@@H]1[C@@H](c2ccc(C(C)C)cc2)c2c(noc2C)C[C@]1(C)O. The van der Waals surface area contributed by atoms with E-state index in [1.54, 1.807) is 13.8 Å². The van der Waals surface area contributed by atoms with Crippen LogP contribution >= 0.6 is 0 Å². The fourth-order valence-corrected chi connectivity index (χ4v) is 4.05. The molecule has 1 aromatic carbocycles. The standard InChI is InChI=1S/C20H25NO3/c1-11(2)14-6-8-15(9-7-14)18-17-13(4)24-21-16(17)10-20(5,23)19(18)12(3)22/h6-9,11,18-19,23H,10H2,1-5H3/t18-,19+,20-/m0/s1. The lowest BCUT2D eigenvalue weighted by molar-refractivity contribution is -0.130. The lowest BCUT2D eigenvalue weighted by Gasteiger charge is -2.40. The van der Waals surface area contributed by atoms with Gasteiger partial charge in [-0.1, -0.05) is 43.3 Å². The van der Waals surface area contributed by atoms with Crippen LogP contribution < -0.4 is 0 Å². The Morgan fingerprint density at radius 3 is 2.50 bits per heavy atom. The second kappa shape index (κ2) is 5.85. The highest BCUT2D eigenvalue weighted by atomic mass is 16.5. The van der Waals surface area contributed by atoms with Gasteiger partial charge in [0.05, 0.1) is 17.2 Å². The molecule has 1 aromatic heterocycles. The number of hydrogen-bond acceptors (Lipinski definition) is 4. The van der Waals surface area contributed by atoms with Gasteiger partial charge in [-0.3, -0.25) is 4.79 Å². The Morgan fingerprint density at radius 1 is 1.33 bits per heavy atom. The van der Waals surface area contributed by atoms with Gasteiger partial charge in [-0.05, 0) is 37.8 Å². The summed E-state index contributed by atoms with van der Waals surface area (Å²) in [6.45, 7) is 9.46. The molecule has 1 aliphatic carbocycles. The first-order valence-corrected chi connectivity index (χ1v) is 8.50. The summed E-state index contributed by atoms with van der Waals surface area (Å²) in [5.74, 6) is 0.431. The number of aromatic nitrogens is 1. The van der Waals surface area contributed by atoms with Crippen LogP contribution in [0.2, 0.25) is 0 Å². The van der Waals surface area contributed by atoms with Crippen molar-refractivity contribution in [2.24, 2.45) is 5.92 Å². The third-order valence-corrected chi connectivity index (χ3v) is 5.22. The molecule has 0 fully saturated rings. The van der Waals surface area contributed by atoms with Gasteiger partial charge in [0.15, 0.2) is 0 Å². The topological polar surface area (TPSA) is 63.3 Å². The van der Waals surface area contributed by atoms with Crippen LogP contribution in [0.1, 0.15) is 67.7 Å². The van der Waals surface area contributed by atoms with Crippen molar-refractivity contribution in [1.82, 2.24) is 5.16 Å². The van der Waals surface area contributed by atoms with Gasteiger partial charge in [0.1, 0.15) is 11.5 Å². The molecule has 0 saturated heterocycles. The number of aliphatic hydroxyl groups is 1. The van der Waals surface area contributed by atoms with E-state index >= 15 is 0 Å². The Morgan fingerprint density at radius 2 is 1.96 bits per heavy atom. The maximum absolute atomic E-state index is 12.4. The van der Waals surface area contributed by atoms with Gasteiger partial charge < -0.3 is 9.63 Å². The maximum Gasteiger partial charge on any atom is 0.137 e. The van der Waals surface area contributed by atoms with Crippen molar-refractivity contribution < 1.29 is 14.4 Å². The molecule has 2 aromatic rings. The van der Waals surface area contributed by atoms with Crippen LogP contribution in [0.4, 0.5) is 0 Å². The molecular formula is C20H25NO3. The molecule has 4 heteroatoms. The molecule has 0 radical (unpaired) electrons. The monoisotopic (exact) mass is 327 g/mol. The average molecular weight is 327 g/mol. The molecule has 128 valence electrons. The van der Waals surface area contributed by atoms with Gasteiger partial charge in [0, 0.05) is 17.9 Å². The van der Waals surface area contributed by atoms with Crippen LogP contribution in [-0.4, -0.2) is 21.6 Å². The molecule has 0 bridgehead atoms. The molecule has 3 atom stereocenters. The molecule has 0 amide bonds. The van der Waals surface area contributed by atoms with Crippen molar-refractivity contribution in [1.29, 1.82) is 0 Å². The Bertz CT molecular complexity index is 756. The second-order valence-corrected chi connectivity index (χ2v) is 7.52. The van der Waals surface area contributed by atoms with Gasteiger partial charge in [0.25, 0.3) is 0 Å². The summed E-state index contributed by atoms with van der Waals surface area (Å²) in [5, 5.41) is 15.1. The first-order valence-electron chi connectivity index (χ1n) is 8.50. The van der Waals surface area contributed by atoms with Crippen LogP contribution in [0.15, 0.2) is 28.8 Å². The number of carbonyl (C=O) groups is 1. The molecule has 1 aliphatic rings. The number of Topliss-reactive ketones (excluding diaryl/α,β-unsaturated/α-hetero) is 1. The van der Waals surface area contributed by atoms with E-state index in [0.29, 0.717) is 12.3 Å². The van der Waals surface area contributed by atoms with Gasteiger partial charge in [-0.25, -0.2) is 0 Å². The van der Waals surface area contributed by atoms with E-state index in [-0.39, 0.29) is 11.7 Å². The number of fused-ring (bicyclic) bond motifs is 1. The molecule has 4 nitrogen and oxygen atoms in total. The molecule has 0 spiro atoms. The summed E-state index contributed by atoms with van der Waals surface area (Å²) in [7, 11) is 0. The third-order valence-electron chi connectivity index (χ3n) is 5.22. The Hall–Kier alpha value is -1.94. The molecular weight excluding hydrogens is 302 g/mol. The summed E-state index contributed by atoms with van der Waals surface area (Å²) in [5.41, 5.74) is 2.85. The number of benzene rings is 1. The highest BCUT2D eigenvalue weighted by Crippen LogP contribution is 2.47. The third kappa shape index (κ3) is 2.69. The largest absolute Gasteiger partial charge is 0.389 e. The Labute approximate surface area is 142 Å². The zero-order valence-corrected chi connectivity index (χ0v) is 15.0. The zero-order chi connectivity index (χ0) is 17.6. The van der Waals surface area contributed by atoms with E-state index in [9.17, 15) is 9.90 Å². The fraction of sp³-hybridized carbons (Fsp3) is 0.500. The van der Waals surface area contributed by atoms with E-state index < -0.39 is 11.5 Å². The van der Waals surface area contributed by atoms with Crippen molar-refractivity contribution in [3.05, 3.63) is 52.4 Å². The minimum atomic E-state index is -1.14. The van der Waals surface area contributed by atoms with Gasteiger partial charge >= 0.3 is 0 Å². The number of hydrogen-bond donors (Lipinski definition) is 1. The van der Waals surface area contributed by atoms with Crippen molar-refractivity contribution in [2.45, 2.75) is 58.5 Å². The van der Waals surface area contributed by atoms with Crippen molar-refractivity contribution in [3.8, 4) is 0 Å². The first kappa shape index (κ1) is 16.9. The minimum Gasteiger partial charge on any atom is -0.389 e. The molecule has 3 rings (SSSR count). The summed E-state index contributed by atoms with van der Waals surface area (Å²) < 4.78 is 5.38. The van der Waals surface area contributed by atoms with Crippen LogP contribution in [0.3, 0.4) is 0 Å². The lowest BCUT2D eigenvalue weighted by atomic mass is 9.64. The number of rotatable bonds is 3. The Balaban J connectivity index is 2.17. The molecule has 0 unspecified atom stereocenters. The summed E-state index contributed by atoms with van der Waals surface area (Å²) >= 11 is 0. The van der Waals surface area contributed by atoms with E-state index in [4.69, 9.17) is 4.52 Å². The minimum absolute atomic E-state index is 0.0100. The highest BCUT2D eigenvalue weighted by molar-refractivity contribution is 5.82. The number of nitrogens with zero attached hydrogens (tertiary/aromatic N) is 1. The second-order valence-electron chi connectivity index (χ2n) is 7.52. The van der Waals surface area contributed by atoms with Gasteiger partial charge in [-0.15, -0.1) is 0 Å². The van der Waals surface area contributed by atoms with Crippen LogP contribution in [-0.2, 0) is 11.2 Å². The van der Waals surface area contributed by atoms with Crippen molar-refractivity contribution in [3.63, 3.8) is 0 Å². The molecule has 1 N–H and O–H groups in total. The van der Waals surface area contributed by atoms with Gasteiger partial charge in [-0.2, -0.15) is 0 Å². The highest BCUT2D eigenvalue weighted by Gasteiger charge is 2.49. The fourth-order valence-electron chi connectivity index (χ4n) is 4.05. The predicted octanol–water partition coefficient (Wildman–Crippen LogP) is 3.75. The first-order chi connectivity index (χ1) is 11.2. The predicted molar refractivity (Wildman–Crippen MR) is 92.1 cm³/mol. The van der Waals surface area contributed by atoms with Gasteiger partial charge in [0.2, 0.25) is 0 Å². The zero-order valence-electron chi connectivity index (χ0n) is 15.0. The number of aryl methyl sites for hydroxylation is 1. The summed E-state index contributed by atoms with van der Waals surface area (Å²) in [6.07, 6.45) is 0.338. The molecule has 0 saturated carbocycles. The van der Waals surface area contributed by atoms with Crippen LogP contribution in [0.25, 0.3) is 0 Å².